The number of rotatable bonds is 5. The fraction of sp³-hybridized carbons (Fsp3) is 0.125. The molecule has 1 aromatic carbocycles. The van der Waals surface area contributed by atoms with E-state index in [0.717, 1.165) is 30.3 Å². The highest BCUT2D eigenvalue weighted by Gasteiger charge is 2.03. The van der Waals surface area contributed by atoms with E-state index in [2.05, 4.69) is 19.9 Å². The topological polar surface area (TPSA) is 42.7 Å². The number of imidazole rings is 1. The molecule has 0 radical (unpaired) electrons. The number of anilines is 2. The maximum atomic E-state index is 4.36. The molecule has 20 heavy (non-hydrogen) atoms. The first-order chi connectivity index (χ1) is 9.92. The number of nitrogens with one attached hydrogen (secondary N) is 1. The summed E-state index contributed by atoms with van der Waals surface area (Å²) in [7, 11) is 0. The van der Waals surface area contributed by atoms with Gasteiger partial charge in [-0.05, 0) is 24.3 Å². The van der Waals surface area contributed by atoms with Gasteiger partial charge in [-0.3, -0.25) is 4.98 Å². The molecule has 0 aliphatic rings. The lowest BCUT2D eigenvalue weighted by Gasteiger charge is -2.09. The van der Waals surface area contributed by atoms with Crippen molar-refractivity contribution in [2.24, 2.45) is 0 Å². The van der Waals surface area contributed by atoms with Crippen molar-refractivity contribution in [1.29, 1.82) is 0 Å². The normalized spacial score (nSPS) is 10.4. The molecule has 0 aliphatic carbocycles. The van der Waals surface area contributed by atoms with Crippen molar-refractivity contribution in [3.05, 3.63) is 72.8 Å². The van der Waals surface area contributed by atoms with Gasteiger partial charge in [-0.25, -0.2) is 4.98 Å². The van der Waals surface area contributed by atoms with Crippen LogP contribution in [0.25, 0.3) is 0 Å². The summed E-state index contributed by atoms with van der Waals surface area (Å²) in [4.78, 5) is 8.69. The van der Waals surface area contributed by atoms with Gasteiger partial charge in [0.05, 0.1) is 0 Å². The van der Waals surface area contributed by atoms with E-state index >= 15 is 0 Å². The van der Waals surface area contributed by atoms with Gasteiger partial charge >= 0.3 is 0 Å². The number of hydrogen-bond acceptors (Lipinski definition) is 3. The predicted octanol–water partition coefficient (Wildman–Crippen LogP) is 3.26. The maximum absolute atomic E-state index is 4.36. The second-order valence-corrected chi connectivity index (χ2v) is 4.51. The predicted molar refractivity (Wildman–Crippen MR) is 79.9 cm³/mol. The summed E-state index contributed by atoms with van der Waals surface area (Å²) in [5.41, 5.74) is 2.13. The molecule has 2 heterocycles. The zero-order chi connectivity index (χ0) is 13.6. The van der Waals surface area contributed by atoms with Crippen LogP contribution in [0.3, 0.4) is 0 Å². The molecule has 3 aromatic rings. The molecular formula is C16H16N4. The number of hydrogen-bond donors (Lipinski definition) is 1. The van der Waals surface area contributed by atoms with Crippen molar-refractivity contribution in [1.82, 2.24) is 14.5 Å². The average molecular weight is 264 g/mol. The van der Waals surface area contributed by atoms with Crippen LogP contribution in [-0.2, 0) is 13.0 Å². The van der Waals surface area contributed by atoms with Gasteiger partial charge < -0.3 is 9.88 Å². The Balaban J connectivity index is 1.68. The fourth-order valence-electron chi connectivity index (χ4n) is 2.05. The van der Waals surface area contributed by atoms with Crippen LogP contribution in [0.4, 0.5) is 11.6 Å². The second-order valence-electron chi connectivity index (χ2n) is 4.51. The molecule has 0 amide bonds. The van der Waals surface area contributed by atoms with Gasteiger partial charge in [0.1, 0.15) is 0 Å². The monoisotopic (exact) mass is 264 g/mol. The van der Waals surface area contributed by atoms with Gasteiger partial charge in [-0.1, -0.05) is 24.3 Å². The molecule has 0 saturated heterocycles. The molecule has 2 aromatic heterocycles. The summed E-state index contributed by atoms with van der Waals surface area (Å²) >= 11 is 0. The molecule has 0 spiro atoms. The van der Waals surface area contributed by atoms with Crippen molar-refractivity contribution in [3.63, 3.8) is 0 Å². The maximum Gasteiger partial charge on any atom is 0.207 e. The van der Waals surface area contributed by atoms with Gasteiger partial charge in [0.15, 0.2) is 0 Å². The van der Waals surface area contributed by atoms with E-state index in [1.165, 1.54) is 0 Å². The standard InChI is InChI=1S/C16H16N4/c1-2-7-15(8-3-1)19-16-18-11-13-20(16)12-9-14-6-4-5-10-17-14/h1-8,10-11,13H,9,12H2,(H,18,19). The summed E-state index contributed by atoms with van der Waals surface area (Å²) in [6.07, 6.45) is 6.50. The number of para-hydroxylation sites is 1. The smallest absolute Gasteiger partial charge is 0.207 e. The highest BCUT2D eigenvalue weighted by atomic mass is 15.2. The second kappa shape index (κ2) is 6.02. The quantitative estimate of drug-likeness (QED) is 0.769. The lowest BCUT2D eigenvalue weighted by Crippen LogP contribution is -2.06. The number of aromatic nitrogens is 3. The van der Waals surface area contributed by atoms with Gasteiger partial charge in [0, 0.05) is 42.9 Å². The van der Waals surface area contributed by atoms with Crippen molar-refractivity contribution < 1.29 is 0 Å². The summed E-state index contributed by atoms with van der Waals surface area (Å²) in [6, 6.07) is 16.0. The fourth-order valence-corrected chi connectivity index (χ4v) is 2.05. The van der Waals surface area contributed by atoms with Gasteiger partial charge in [0.25, 0.3) is 0 Å². The zero-order valence-electron chi connectivity index (χ0n) is 11.1. The van der Waals surface area contributed by atoms with Crippen LogP contribution in [0.5, 0.6) is 0 Å². The largest absolute Gasteiger partial charge is 0.326 e. The van der Waals surface area contributed by atoms with E-state index in [-0.39, 0.29) is 0 Å². The minimum Gasteiger partial charge on any atom is -0.326 e. The zero-order valence-corrected chi connectivity index (χ0v) is 11.1. The van der Waals surface area contributed by atoms with E-state index in [1.54, 1.807) is 0 Å². The first-order valence-corrected chi connectivity index (χ1v) is 6.65. The van der Waals surface area contributed by atoms with Crippen molar-refractivity contribution in [3.8, 4) is 0 Å². The Morgan fingerprint density at radius 3 is 2.55 bits per heavy atom. The summed E-state index contributed by atoms with van der Waals surface area (Å²) in [5.74, 6) is 0.854. The van der Waals surface area contributed by atoms with E-state index < -0.39 is 0 Å². The van der Waals surface area contributed by atoms with Crippen LogP contribution in [0, 0.1) is 0 Å². The number of pyridine rings is 1. The minimum absolute atomic E-state index is 0.853. The highest BCUT2D eigenvalue weighted by Crippen LogP contribution is 2.14. The lowest BCUT2D eigenvalue weighted by atomic mass is 10.3. The third-order valence-electron chi connectivity index (χ3n) is 3.08. The molecule has 4 nitrogen and oxygen atoms in total. The molecule has 0 unspecified atom stereocenters. The molecule has 1 N–H and O–H groups in total. The first kappa shape index (κ1) is 12.4. The Hall–Kier alpha value is -2.62. The number of aryl methyl sites for hydroxylation is 2. The SMILES string of the molecule is c1ccc(Nc2nccn2CCc2ccccn2)cc1. The van der Waals surface area contributed by atoms with E-state index in [0.29, 0.717) is 0 Å². The van der Waals surface area contributed by atoms with Crippen LogP contribution in [0.2, 0.25) is 0 Å². The van der Waals surface area contributed by atoms with E-state index in [1.807, 2.05) is 67.1 Å². The van der Waals surface area contributed by atoms with Gasteiger partial charge in [0.2, 0.25) is 5.95 Å². The van der Waals surface area contributed by atoms with Crippen LogP contribution >= 0.6 is 0 Å². The molecule has 0 aliphatic heterocycles. The van der Waals surface area contributed by atoms with Crippen molar-refractivity contribution >= 4 is 11.6 Å². The van der Waals surface area contributed by atoms with Crippen LogP contribution in [0.15, 0.2) is 67.1 Å². The van der Waals surface area contributed by atoms with Gasteiger partial charge in [-0.2, -0.15) is 0 Å². The average Bonchev–Trinajstić information content (AvgIpc) is 2.94. The van der Waals surface area contributed by atoms with Crippen LogP contribution in [0.1, 0.15) is 5.69 Å². The van der Waals surface area contributed by atoms with Crippen molar-refractivity contribution in [2.45, 2.75) is 13.0 Å². The molecule has 0 bridgehead atoms. The van der Waals surface area contributed by atoms with Crippen LogP contribution in [-0.4, -0.2) is 14.5 Å². The minimum atomic E-state index is 0.853. The number of benzene rings is 1. The summed E-state index contributed by atoms with van der Waals surface area (Å²) < 4.78 is 2.10. The molecule has 100 valence electrons. The van der Waals surface area contributed by atoms with Gasteiger partial charge in [-0.15, -0.1) is 0 Å². The molecule has 0 fully saturated rings. The third-order valence-corrected chi connectivity index (χ3v) is 3.08. The Labute approximate surface area is 118 Å². The first-order valence-electron chi connectivity index (χ1n) is 6.65. The summed E-state index contributed by atoms with van der Waals surface area (Å²) in [6.45, 7) is 0.853. The van der Waals surface area contributed by atoms with E-state index in [4.69, 9.17) is 0 Å². The Morgan fingerprint density at radius 1 is 0.900 bits per heavy atom. The summed E-state index contributed by atoms with van der Waals surface area (Å²) in [5, 5.41) is 3.32. The highest BCUT2D eigenvalue weighted by molar-refractivity contribution is 5.52. The molecule has 0 atom stereocenters. The Kier molecular flexibility index (Phi) is 3.73. The lowest BCUT2D eigenvalue weighted by molar-refractivity contribution is 0.693. The molecule has 0 saturated carbocycles. The molecular weight excluding hydrogens is 248 g/mol. The molecule has 4 heteroatoms. The molecule has 3 rings (SSSR count). The van der Waals surface area contributed by atoms with E-state index in [9.17, 15) is 0 Å². The van der Waals surface area contributed by atoms with Crippen LogP contribution < -0.4 is 5.32 Å². The van der Waals surface area contributed by atoms with Crippen molar-refractivity contribution in [2.75, 3.05) is 5.32 Å². The number of nitrogens with zero attached hydrogens (tertiary/aromatic N) is 3. The Bertz CT molecular complexity index is 647. The Morgan fingerprint density at radius 2 is 1.75 bits per heavy atom. The third kappa shape index (κ3) is 3.03.